The maximum absolute atomic E-state index is 13.7. The van der Waals surface area contributed by atoms with Crippen LogP contribution in [0.25, 0.3) is 0 Å². The highest BCUT2D eigenvalue weighted by atomic mass is 16.3. The van der Waals surface area contributed by atoms with E-state index >= 15 is 0 Å². The number of fused-ring (bicyclic) bond motifs is 1. The lowest BCUT2D eigenvalue weighted by atomic mass is 9.90. The summed E-state index contributed by atoms with van der Waals surface area (Å²) in [5, 5.41) is 3.03. The Morgan fingerprint density at radius 2 is 2.13 bits per heavy atom. The van der Waals surface area contributed by atoms with Crippen molar-refractivity contribution in [3.05, 3.63) is 48.6 Å². The van der Waals surface area contributed by atoms with Gasteiger partial charge in [0.25, 0.3) is 5.91 Å². The van der Waals surface area contributed by atoms with Gasteiger partial charge >= 0.3 is 0 Å². The van der Waals surface area contributed by atoms with Crippen LogP contribution < -0.4 is 5.32 Å². The van der Waals surface area contributed by atoms with Gasteiger partial charge in [0, 0.05) is 12.2 Å². The highest BCUT2D eigenvalue weighted by Crippen LogP contribution is 2.30. The number of amides is 3. The quantitative estimate of drug-likeness (QED) is 0.775. The molecule has 1 fully saturated rings. The maximum Gasteiger partial charge on any atom is 0.250 e. The number of aliphatic imine (C=N–C) groups is 1. The number of allylic oxidation sites excluding steroid dienone is 2. The Balaban J connectivity index is 1.57. The molecule has 0 saturated heterocycles. The molecule has 3 aliphatic rings. The molecule has 1 N–H and O–H groups in total. The summed E-state index contributed by atoms with van der Waals surface area (Å²) in [5.74, 6) is 0.130. The first-order valence-corrected chi connectivity index (χ1v) is 10.3. The molecule has 0 bridgehead atoms. The Morgan fingerprint density at radius 1 is 1.33 bits per heavy atom. The second-order valence-corrected chi connectivity index (χ2v) is 8.17. The monoisotopic (exact) mass is 410 g/mol. The van der Waals surface area contributed by atoms with Crippen molar-refractivity contribution < 1.29 is 18.8 Å². The Hall–Kier alpha value is -3.16. The average molecular weight is 410 g/mol. The molecule has 8 nitrogen and oxygen atoms in total. The summed E-state index contributed by atoms with van der Waals surface area (Å²) >= 11 is 0. The number of hydrogen-bond donors (Lipinski definition) is 1. The summed E-state index contributed by atoms with van der Waals surface area (Å²) in [5.41, 5.74) is -1.17. The molecule has 30 heavy (non-hydrogen) atoms. The van der Waals surface area contributed by atoms with E-state index in [1.54, 1.807) is 48.4 Å². The number of furan rings is 1. The third kappa shape index (κ3) is 4.08. The van der Waals surface area contributed by atoms with Crippen molar-refractivity contribution in [3.63, 3.8) is 0 Å². The fourth-order valence-electron chi connectivity index (χ4n) is 4.32. The Morgan fingerprint density at radius 3 is 2.87 bits per heavy atom. The normalized spacial score (nSPS) is 23.3. The Bertz CT molecular complexity index is 912. The van der Waals surface area contributed by atoms with Gasteiger partial charge in [-0.3, -0.25) is 14.4 Å². The molecule has 1 saturated carbocycles. The lowest BCUT2D eigenvalue weighted by molar-refractivity contribution is -0.147. The van der Waals surface area contributed by atoms with Gasteiger partial charge in [0.05, 0.1) is 19.2 Å². The lowest BCUT2D eigenvalue weighted by Crippen LogP contribution is -2.61. The summed E-state index contributed by atoms with van der Waals surface area (Å²) in [6.07, 6.45) is 12.6. The van der Waals surface area contributed by atoms with Crippen LogP contribution >= 0.6 is 0 Å². The first-order chi connectivity index (χ1) is 14.5. The molecule has 2 aliphatic heterocycles. The number of carbonyl (C=O) groups is 3. The summed E-state index contributed by atoms with van der Waals surface area (Å²) in [6.45, 7) is 1.77. The zero-order chi connectivity index (χ0) is 21.1. The minimum atomic E-state index is -1.17. The molecule has 1 aliphatic carbocycles. The molecular formula is C22H26N4O4. The van der Waals surface area contributed by atoms with Gasteiger partial charge in [0.15, 0.2) is 0 Å². The number of nitrogens with one attached hydrogen (secondary N) is 1. The van der Waals surface area contributed by atoms with Crippen LogP contribution in [-0.2, 0) is 20.9 Å². The van der Waals surface area contributed by atoms with Gasteiger partial charge in [-0.15, -0.1) is 0 Å². The van der Waals surface area contributed by atoms with Crippen LogP contribution in [0.4, 0.5) is 0 Å². The molecular weight excluding hydrogens is 384 g/mol. The highest BCUT2D eigenvalue weighted by molar-refractivity contribution is 6.09. The highest BCUT2D eigenvalue weighted by Gasteiger charge is 2.47. The largest absolute Gasteiger partial charge is 0.467 e. The number of rotatable bonds is 6. The fourth-order valence-corrected chi connectivity index (χ4v) is 4.32. The van der Waals surface area contributed by atoms with E-state index in [4.69, 9.17) is 4.42 Å². The standard InChI is InChI=1S/C22H26N4O4/c1-22(13-19(27)24-18-10-4-5-11-26(18)22)21(29)25(14-17-9-6-12-30-17)15-20(28)23-16-7-2-3-8-16/h4-6,9-12,16H,2-3,7-8,13-15H2,1H3,(H,23,28)/t22-/m0/s1. The topological polar surface area (TPSA) is 95.2 Å². The third-order valence-corrected chi connectivity index (χ3v) is 5.83. The predicted octanol–water partition coefficient (Wildman–Crippen LogP) is 2.14. The second kappa shape index (κ2) is 8.30. The summed E-state index contributed by atoms with van der Waals surface area (Å²) < 4.78 is 5.42. The van der Waals surface area contributed by atoms with Crippen molar-refractivity contribution in [1.29, 1.82) is 0 Å². The average Bonchev–Trinajstić information content (AvgIpc) is 3.41. The molecule has 3 heterocycles. The second-order valence-electron chi connectivity index (χ2n) is 8.17. The van der Waals surface area contributed by atoms with Crippen LogP contribution in [0.2, 0.25) is 0 Å². The van der Waals surface area contributed by atoms with E-state index in [1.165, 1.54) is 11.2 Å². The first kappa shape index (κ1) is 20.1. The van der Waals surface area contributed by atoms with Gasteiger partial charge in [0.2, 0.25) is 11.8 Å². The van der Waals surface area contributed by atoms with Crippen molar-refractivity contribution in [2.75, 3.05) is 6.54 Å². The smallest absolute Gasteiger partial charge is 0.250 e. The van der Waals surface area contributed by atoms with Gasteiger partial charge in [-0.1, -0.05) is 18.9 Å². The van der Waals surface area contributed by atoms with E-state index in [2.05, 4.69) is 10.3 Å². The predicted molar refractivity (Wildman–Crippen MR) is 110 cm³/mol. The maximum atomic E-state index is 13.7. The zero-order valence-corrected chi connectivity index (χ0v) is 17.0. The number of nitrogens with zero attached hydrogens (tertiary/aromatic N) is 3. The lowest BCUT2D eigenvalue weighted by Gasteiger charge is -2.44. The van der Waals surface area contributed by atoms with Crippen molar-refractivity contribution in [1.82, 2.24) is 15.1 Å². The molecule has 0 radical (unpaired) electrons. The van der Waals surface area contributed by atoms with E-state index in [0.717, 1.165) is 25.7 Å². The molecule has 1 atom stereocenters. The Labute approximate surface area is 175 Å². The van der Waals surface area contributed by atoms with Crippen molar-refractivity contribution in [2.45, 2.75) is 57.2 Å². The first-order valence-electron chi connectivity index (χ1n) is 10.3. The Kier molecular flexibility index (Phi) is 5.57. The van der Waals surface area contributed by atoms with E-state index in [1.807, 2.05) is 0 Å². The molecule has 8 heteroatoms. The van der Waals surface area contributed by atoms with Crippen LogP contribution in [0.15, 0.2) is 52.2 Å². The van der Waals surface area contributed by atoms with E-state index < -0.39 is 5.54 Å². The van der Waals surface area contributed by atoms with Gasteiger partial charge in [-0.25, -0.2) is 0 Å². The SMILES string of the molecule is C[C@@]1(C(=O)N(CC(=O)NC2CCCC2)Cc2ccco2)CC(=O)N=C2C=CC=CN21. The zero-order valence-electron chi connectivity index (χ0n) is 17.0. The van der Waals surface area contributed by atoms with Crippen molar-refractivity contribution in [3.8, 4) is 0 Å². The molecule has 1 aromatic heterocycles. The minimum absolute atomic E-state index is 0.0631. The number of hydrogen-bond acceptors (Lipinski definition) is 5. The number of carbonyl (C=O) groups excluding carboxylic acids is 3. The van der Waals surface area contributed by atoms with Crippen molar-refractivity contribution >= 4 is 23.6 Å². The van der Waals surface area contributed by atoms with Crippen LogP contribution in [0.1, 0.15) is 44.8 Å². The van der Waals surface area contributed by atoms with Gasteiger partial charge in [0.1, 0.15) is 23.7 Å². The summed E-state index contributed by atoms with van der Waals surface area (Å²) in [4.78, 5) is 45.9. The van der Waals surface area contributed by atoms with Crippen molar-refractivity contribution in [2.24, 2.45) is 4.99 Å². The summed E-state index contributed by atoms with van der Waals surface area (Å²) in [7, 11) is 0. The third-order valence-electron chi connectivity index (χ3n) is 5.83. The van der Waals surface area contributed by atoms with Gasteiger partial charge < -0.3 is 19.5 Å². The van der Waals surface area contributed by atoms with Gasteiger partial charge in [-0.05, 0) is 44.1 Å². The van der Waals surface area contributed by atoms with Gasteiger partial charge in [-0.2, -0.15) is 4.99 Å². The summed E-state index contributed by atoms with van der Waals surface area (Å²) in [6, 6.07) is 3.67. The molecule has 158 valence electrons. The fraction of sp³-hybridized carbons (Fsp3) is 0.455. The van der Waals surface area contributed by atoms with E-state index in [-0.39, 0.29) is 43.3 Å². The van der Waals surface area contributed by atoms with Crippen LogP contribution in [0.5, 0.6) is 0 Å². The molecule has 0 aromatic carbocycles. The molecule has 0 unspecified atom stereocenters. The molecule has 1 aromatic rings. The van der Waals surface area contributed by atoms with E-state index in [0.29, 0.717) is 11.6 Å². The molecule has 3 amide bonds. The number of amidine groups is 1. The van der Waals surface area contributed by atoms with Crippen LogP contribution in [-0.4, -0.2) is 51.5 Å². The molecule has 4 rings (SSSR count). The minimum Gasteiger partial charge on any atom is -0.467 e. The molecule has 0 spiro atoms. The van der Waals surface area contributed by atoms with E-state index in [9.17, 15) is 14.4 Å². The van der Waals surface area contributed by atoms with Crippen LogP contribution in [0, 0.1) is 0 Å². The van der Waals surface area contributed by atoms with Crippen LogP contribution in [0.3, 0.4) is 0 Å².